The molecule has 16 heavy (non-hydrogen) atoms. The van der Waals surface area contributed by atoms with Crippen molar-refractivity contribution >= 4 is 11.6 Å². The Bertz CT molecular complexity index is 355. The van der Waals surface area contributed by atoms with E-state index in [1.54, 1.807) is 10.9 Å². The van der Waals surface area contributed by atoms with E-state index in [1.807, 2.05) is 13.1 Å². The summed E-state index contributed by atoms with van der Waals surface area (Å²) >= 11 is 0. The predicted octanol–water partition coefficient (Wildman–Crippen LogP) is 0.984. The van der Waals surface area contributed by atoms with E-state index >= 15 is 0 Å². The first-order valence-electron chi connectivity index (χ1n) is 5.86. The second-order valence-electron chi connectivity index (χ2n) is 4.08. The van der Waals surface area contributed by atoms with Crippen LogP contribution < -0.4 is 10.6 Å². The molecule has 0 aliphatic carbocycles. The highest BCUT2D eigenvalue weighted by atomic mass is 16.2. The first-order chi connectivity index (χ1) is 7.79. The quantitative estimate of drug-likeness (QED) is 0.801. The molecule has 0 saturated carbocycles. The number of anilines is 1. The lowest BCUT2D eigenvalue weighted by molar-refractivity contribution is -0.118. The smallest absolute Gasteiger partial charge is 0.241 e. The third kappa shape index (κ3) is 2.61. The zero-order chi connectivity index (χ0) is 11.4. The average Bonchev–Trinajstić information content (AvgIpc) is 2.78. The summed E-state index contributed by atoms with van der Waals surface area (Å²) in [4.78, 5) is 11.9. The number of nitrogens with one attached hydrogen (secondary N) is 2. The van der Waals surface area contributed by atoms with E-state index in [1.165, 1.54) is 0 Å². The third-order valence-corrected chi connectivity index (χ3v) is 2.85. The van der Waals surface area contributed by atoms with Gasteiger partial charge in [0, 0.05) is 12.7 Å². The molecule has 1 atom stereocenters. The van der Waals surface area contributed by atoms with Crippen LogP contribution in [-0.4, -0.2) is 28.3 Å². The molecule has 2 heterocycles. The van der Waals surface area contributed by atoms with Gasteiger partial charge in [0.05, 0.1) is 17.9 Å². The number of carbonyl (C=O) groups is 1. The molecule has 1 aromatic heterocycles. The number of amides is 1. The second kappa shape index (κ2) is 5.12. The zero-order valence-corrected chi connectivity index (χ0v) is 9.57. The summed E-state index contributed by atoms with van der Waals surface area (Å²) in [6.45, 7) is 3.77. The van der Waals surface area contributed by atoms with Crippen molar-refractivity contribution in [3.63, 3.8) is 0 Å². The number of piperidine rings is 1. The van der Waals surface area contributed by atoms with E-state index in [9.17, 15) is 4.79 Å². The normalized spacial score (nSPS) is 20.7. The standard InChI is InChI=1S/C11H18N4O/c1-2-15-8-9(7-13-15)14-11(16)10-5-3-4-6-12-10/h7-8,10,12H,2-6H2,1H3,(H,14,16)/t10-/m0/s1. The van der Waals surface area contributed by atoms with E-state index in [0.717, 1.165) is 38.0 Å². The van der Waals surface area contributed by atoms with Crippen molar-refractivity contribution in [2.24, 2.45) is 0 Å². The molecule has 1 fully saturated rings. The molecular weight excluding hydrogens is 204 g/mol. The maximum atomic E-state index is 11.9. The molecule has 0 spiro atoms. The topological polar surface area (TPSA) is 59.0 Å². The highest BCUT2D eigenvalue weighted by molar-refractivity contribution is 5.94. The van der Waals surface area contributed by atoms with Gasteiger partial charge < -0.3 is 10.6 Å². The number of aromatic nitrogens is 2. The van der Waals surface area contributed by atoms with E-state index in [-0.39, 0.29) is 11.9 Å². The monoisotopic (exact) mass is 222 g/mol. The van der Waals surface area contributed by atoms with Gasteiger partial charge in [0.25, 0.3) is 0 Å². The van der Waals surface area contributed by atoms with Crippen LogP contribution in [0.1, 0.15) is 26.2 Å². The number of hydrogen-bond donors (Lipinski definition) is 2. The van der Waals surface area contributed by atoms with Crippen molar-refractivity contribution in [2.45, 2.75) is 38.8 Å². The molecule has 0 bridgehead atoms. The number of carbonyl (C=O) groups excluding carboxylic acids is 1. The molecule has 0 aromatic carbocycles. The first-order valence-corrected chi connectivity index (χ1v) is 5.86. The summed E-state index contributed by atoms with van der Waals surface area (Å²) in [5.74, 6) is 0.0513. The Morgan fingerprint density at radius 1 is 1.69 bits per heavy atom. The summed E-state index contributed by atoms with van der Waals surface area (Å²) in [7, 11) is 0. The molecule has 2 N–H and O–H groups in total. The van der Waals surface area contributed by atoms with Gasteiger partial charge >= 0.3 is 0 Å². The highest BCUT2D eigenvalue weighted by Gasteiger charge is 2.20. The fourth-order valence-corrected chi connectivity index (χ4v) is 1.91. The fraction of sp³-hybridized carbons (Fsp3) is 0.636. The van der Waals surface area contributed by atoms with Crippen LogP contribution in [0.2, 0.25) is 0 Å². The van der Waals surface area contributed by atoms with Crippen LogP contribution in [0.5, 0.6) is 0 Å². The summed E-state index contributed by atoms with van der Waals surface area (Å²) in [5, 5.41) is 10.2. The number of aryl methyl sites for hydroxylation is 1. The van der Waals surface area contributed by atoms with Crippen molar-refractivity contribution in [1.29, 1.82) is 0 Å². The van der Waals surface area contributed by atoms with Crippen molar-refractivity contribution in [2.75, 3.05) is 11.9 Å². The van der Waals surface area contributed by atoms with Crippen LogP contribution in [0, 0.1) is 0 Å². The predicted molar refractivity (Wildman–Crippen MR) is 62.2 cm³/mol. The fourth-order valence-electron chi connectivity index (χ4n) is 1.91. The zero-order valence-electron chi connectivity index (χ0n) is 9.57. The molecular formula is C11H18N4O. The van der Waals surface area contributed by atoms with Gasteiger partial charge in [-0.3, -0.25) is 9.48 Å². The Balaban J connectivity index is 1.90. The minimum Gasteiger partial charge on any atom is -0.322 e. The Morgan fingerprint density at radius 3 is 3.19 bits per heavy atom. The summed E-state index contributed by atoms with van der Waals surface area (Å²) in [5.41, 5.74) is 0.777. The van der Waals surface area contributed by atoms with Gasteiger partial charge in [-0.15, -0.1) is 0 Å². The Hall–Kier alpha value is -1.36. The average molecular weight is 222 g/mol. The molecule has 1 aromatic rings. The van der Waals surface area contributed by atoms with Crippen LogP contribution in [-0.2, 0) is 11.3 Å². The van der Waals surface area contributed by atoms with Gasteiger partial charge in [-0.2, -0.15) is 5.10 Å². The van der Waals surface area contributed by atoms with Crippen LogP contribution in [0.15, 0.2) is 12.4 Å². The molecule has 88 valence electrons. The summed E-state index contributed by atoms with van der Waals surface area (Å²) in [6.07, 6.45) is 6.75. The summed E-state index contributed by atoms with van der Waals surface area (Å²) in [6, 6.07) is -0.0428. The van der Waals surface area contributed by atoms with E-state index in [2.05, 4.69) is 15.7 Å². The molecule has 0 unspecified atom stereocenters. The lowest BCUT2D eigenvalue weighted by Crippen LogP contribution is -2.43. The molecule has 1 amide bonds. The minimum atomic E-state index is -0.0428. The van der Waals surface area contributed by atoms with Crippen LogP contribution in [0.4, 0.5) is 5.69 Å². The van der Waals surface area contributed by atoms with Gasteiger partial charge in [0.15, 0.2) is 0 Å². The maximum Gasteiger partial charge on any atom is 0.241 e. The number of rotatable bonds is 3. The molecule has 1 aliphatic heterocycles. The van der Waals surface area contributed by atoms with E-state index < -0.39 is 0 Å². The van der Waals surface area contributed by atoms with Gasteiger partial charge in [-0.1, -0.05) is 6.42 Å². The SMILES string of the molecule is CCn1cc(NC(=O)[C@@H]2CCCCN2)cn1. The highest BCUT2D eigenvalue weighted by Crippen LogP contribution is 2.10. The molecule has 0 radical (unpaired) electrons. The van der Waals surface area contributed by atoms with Crippen molar-refractivity contribution in [1.82, 2.24) is 15.1 Å². The minimum absolute atomic E-state index is 0.0428. The third-order valence-electron chi connectivity index (χ3n) is 2.85. The number of hydrogen-bond acceptors (Lipinski definition) is 3. The van der Waals surface area contributed by atoms with Crippen molar-refractivity contribution < 1.29 is 4.79 Å². The largest absolute Gasteiger partial charge is 0.322 e. The van der Waals surface area contributed by atoms with Gasteiger partial charge in [-0.25, -0.2) is 0 Å². The summed E-state index contributed by atoms with van der Waals surface area (Å²) < 4.78 is 1.80. The molecule has 1 saturated heterocycles. The lowest BCUT2D eigenvalue weighted by Gasteiger charge is -2.22. The second-order valence-corrected chi connectivity index (χ2v) is 4.08. The van der Waals surface area contributed by atoms with Crippen LogP contribution in [0.25, 0.3) is 0 Å². The first kappa shape index (κ1) is 11.1. The van der Waals surface area contributed by atoms with Crippen molar-refractivity contribution in [3.05, 3.63) is 12.4 Å². The van der Waals surface area contributed by atoms with Crippen molar-refractivity contribution in [3.8, 4) is 0 Å². The molecule has 5 heteroatoms. The molecule has 2 rings (SSSR count). The van der Waals surface area contributed by atoms with E-state index in [4.69, 9.17) is 0 Å². The molecule has 5 nitrogen and oxygen atoms in total. The maximum absolute atomic E-state index is 11.9. The van der Waals surface area contributed by atoms with Gasteiger partial charge in [0.2, 0.25) is 5.91 Å². The Morgan fingerprint density at radius 2 is 2.56 bits per heavy atom. The molecule has 1 aliphatic rings. The Kier molecular flexibility index (Phi) is 3.56. The van der Waals surface area contributed by atoms with Gasteiger partial charge in [-0.05, 0) is 26.3 Å². The van der Waals surface area contributed by atoms with Crippen LogP contribution in [0.3, 0.4) is 0 Å². The van der Waals surface area contributed by atoms with E-state index in [0.29, 0.717) is 0 Å². The lowest BCUT2D eigenvalue weighted by atomic mass is 10.0. The number of nitrogens with zero attached hydrogens (tertiary/aromatic N) is 2. The van der Waals surface area contributed by atoms with Gasteiger partial charge in [0.1, 0.15) is 0 Å². The Labute approximate surface area is 95.2 Å². The van der Waals surface area contributed by atoms with Crippen LogP contribution >= 0.6 is 0 Å².